The van der Waals surface area contributed by atoms with Crippen molar-refractivity contribution < 1.29 is 18.3 Å². The average Bonchev–Trinajstić information content (AvgIpc) is 2.88. The molecule has 22 heavy (non-hydrogen) atoms. The number of carboxylic acid groups (broad SMARTS) is 1. The van der Waals surface area contributed by atoms with Gasteiger partial charge in [-0.2, -0.15) is 0 Å². The van der Waals surface area contributed by atoms with Gasteiger partial charge in [0.15, 0.2) is 9.84 Å². The highest BCUT2D eigenvalue weighted by Crippen LogP contribution is 2.22. The summed E-state index contributed by atoms with van der Waals surface area (Å²) >= 11 is 0. The third-order valence-corrected chi connectivity index (χ3v) is 6.27. The molecule has 0 saturated carbocycles. The van der Waals surface area contributed by atoms with E-state index in [0.717, 1.165) is 38.3 Å². The third kappa shape index (κ3) is 3.25. The minimum absolute atomic E-state index is 0.168. The van der Waals surface area contributed by atoms with E-state index in [1.165, 1.54) is 0 Å². The van der Waals surface area contributed by atoms with Crippen molar-refractivity contribution >= 4 is 21.5 Å². The highest BCUT2D eigenvalue weighted by molar-refractivity contribution is 7.91. The summed E-state index contributed by atoms with van der Waals surface area (Å²) in [5.74, 6) is -0.312. The molecule has 2 fully saturated rings. The van der Waals surface area contributed by atoms with Crippen molar-refractivity contribution in [2.24, 2.45) is 0 Å². The lowest BCUT2D eigenvalue weighted by molar-refractivity contribution is 0.0697. The van der Waals surface area contributed by atoms with Gasteiger partial charge in [-0.3, -0.25) is 4.90 Å². The Hall–Kier alpha value is -1.60. The van der Waals surface area contributed by atoms with E-state index < -0.39 is 15.8 Å². The molecule has 0 aromatic heterocycles. The van der Waals surface area contributed by atoms with E-state index in [-0.39, 0.29) is 6.04 Å². The first kappa shape index (κ1) is 15.3. The van der Waals surface area contributed by atoms with E-state index in [9.17, 15) is 13.2 Å². The Bertz CT molecular complexity index is 649. The fourth-order valence-corrected chi connectivity index (χ4v) is 4.99. The highest BCUT2D eigenvalue weighted by atomic mass is 32.2. The summed E-state index contributed by atoms with van der Waals surface area (Å²) < 4.78 is 23.1. The lowest BCUT2D eigenvalue weighted by Crippen LogP contribution is -2.50. The number of benzene rings is 1. The number of sulfone groups is 1. The van der Waals surface area contributed by atoms with Crippen LogP contribution in [0.2, 0.25) is 0 Å². The number of carboxylic acids is 1. The fraction of sp³-hybridized carbons (Fsp3) is 0.533. The maximum atomic E-state index is 11.6. The molecule has 0 amide bonds. The molecule has 1 atom stereocenters. The monoisotopic (exact) mass is 324 g/mol. The van der Waals surface area contributed by atoms with Crippen LogP contribution >= 0.6 is 0 Å². The summed E-state index contributed by atoms with van der Waals surface area (Å²) in [5.41, 5.74) is 1.31. The van der Waals surface area contributed by atoms with Crippen LogP contribution in [0.15, 0.2) is 24.3 Å². The summed E-state index contributed by atoms with van der Waals surface area (Å²) in [6.45, 7) is 3.37. The molecule has 2 aliphatic rings. The van der Waals surface area contributed by atoms with Crippen LogP contribution in [0.4, 0.5) is 5.69 Å². The van der Waals surface area contributed by atoms with Crippen LogP contribution in [0.5, 0.6) is 0 Å². The molecule has 2 heterocycles. The Morgan fingerprint density at radius 3 is 2.23 bits per heavy atom. The third-order valence-electron chi connectivity index (χ3n) is 4.52. The number of nitrogens with zero attached hydrogens (tertiary/aromatic N) is 2. The quantitative estimate of drug-likeness (QED) is 0.881. The maximum Gasteiger partial charge on any atom is 0.335 e. The Morgan fingerprint density at radius 1 is 1.09 bits per heavy atom. The molecular weight excluding hydrogens is 304 g/mol. The molecule has 0 radical (unpaired) electrons. The van der Waals surface area contributed by atoms with Crippen LogP contribution in [-0.4, -0.2) is 68.1 Å². The summed E-state index contributed by atoms with van der Waals surface area (Å²) in [6.07, 6.45) is 0.746. The molecule has 2 saturated heterocycles. The van der Waals surface area contributed by atoms with Gasteiger partial charge in [0, 0.05) is 37.9 Å². The van der Waals surface area contributed by atoms with Crippen molar-refractivity contribution in [2.45, 2.75) is 12.5 Å². The Labute approximate surface area is 130 Å². The van der Waals surface area contributed by atoms with Gasteiger partial charge in [0.2, 0.25) is 0 Å². The van der Waals surface area contributed by atoms with Gasteiger partial charge in [0.25, 0.3) is 0 Å². The molecule has 120 valence electrons. The number of rotatable bonds is 3. The van der Waals surface area contributed by atoms with Crippen molar-refractivity contribution in [1.29, 1.82) is 0 Å². The number of carbonyl (C=O) groups is 1. The van der Waals surface area contributed by atoms with Gasteiger partial charge in [0.1, 0.15) is 0 Å². The minimum Gasteiger partial charge on any atom is -0.478 e. The second kappa shape index (κ2) is 5.89. The van der Waals surface area contributed by atoms with Gasteiger partial charge in [-0.05, 0) is 30.7 Å². The Balaban J connectivity index is 1.58. The van der Waals surface area contributed by atoms with Crippen molar-refractivity contribution in [3.8, 4) is 0 Å². The first-order valence-corrected chi connectivity index (χ1v) is 9.29. The second-order valence-corrected chi connectivity index (χ2v) is 8.16. The predicted octanol–water partition coefficient (Wildman–Crippen LogP) is 0.694. The summed E-state index contributed by atoms with van der Waals surface area (Å²) in [5, 5.41) is 8.92. The molecule has 1 N–H and O–H groups in total. The summed E-state index contributed by atoms with van der Waals surface area (Å²) in [6, 6.07) is 7.07. The van der Waals surface area contributed by atoms with Crippen LogP contribution in [0.3, 0.4) is 0 Å². The lowest BCUT2D eigenvalue weighted by atomic mass is 10.1. The molecule has 1 aromatic carbocycles. The van der Waals surface area contributed by atoms with E-state index in [2.05, 4.69) is 9.80 Å². The predicted molar refractivity (Wildman–Crippen MR) is 84.2 cm³/mol. The van der Waals surface area contributed by atoms with Gasteiger partial charge in [-0.25, -0.2) is 13.2 Å². The molecular formula is C15H20N2O4S. The normalized spacial score (nSPS) is 25.3. The molecule has 0 spiro atoms. The van der Waals surface area contributed by atoms with Gasteiger partial charge >= 0.3 is 5.97 Å². The van der Waals surface area contributed by atoms with E-state index in [4.69, 9.17) is 5.11 Å². The van der Waals surface area contributed by atoms with Crippen molar-refractivity contribution in [2.75, 3.05) is 42.6 Å². The van der Waals surface area contributed by atoms with E-state index in [1.807, 2.05) is 12.1 Å². The zero-order valence-corrected chi connectivity index (χ0v) is 13.1. The van der Waals surface area contributed by atoms with Crippen molar-refractivity contribution in [3.63, 3.8) is 0 Å². The fourth-order valence-electron chi connectivity index (χ4n) is 3.22. The molecule has 6 nitrogen and oxygen atoms in total. The minimum atomic E-state index is -2.83. The van der Waals surface area contributed by atoms with Crippen LogP contribution in [0, 0.1) is 0 Å². The summed E-state index contributed by atoms with van der Waals surface area (Å²) in [4.78, 5) is 15.3. The molecule has 0 bridgehead atoms. The topological polar surface area (TPSA) is 77.9 Å². The zero-order chi connectivity index (χ0) is 15.7. The van der Waals surface area contributed by atoms with Gasteiger partial charge in [0.05, 0.1) is 17.1 Å². The van der Waals surface area contributed by atoms with Crippen LogP contribution in [0.1, 0.15) is 16.8 Å². The molecule has 0 aliphatic carbocycles. The maximum absolute atomic E-state index is 11.6. The number of hydrogen-bond donors (Lipinski definition) is 1. The highest BCUT2D eigenvalue weighted by Gasteiger charge is 2.33. The molecule has 2 aliphatic heterocycles. The van der Waals surface area contributed by atoms with Gasteiger partial charge in [-0.1, -0.05) is 0 Å². The second-order valence-electron chi connectivity index (χ2n) is 5.93. The van der Waals surface area contributed by atoms with Crippen LogP contribution < -0.4 is 4.90 Å². The first-order valence-electron chi connectivity index (χ1n) is 7.47. The Kier molecular flexibility index (Phi) is 4.10. The number of hydrogen-bond acceptors (Lipinski definition) is 5. The van der Waals surface area contributed by atoms with Crippen molar-refractivity contribution in [3.05, 3.63) is 29.8 Å². The van der Waals surface area contributed by atoms with E-state index in [1.54, 1.807) is 12.1 Å². The molecule has 1 aromatic rings. The standard InChI is InChI=1S/C15H20N2O4S/c18-15(19)12-1-3-13(4-2-12)16-6-8-17(9-7-16)14-5-10-22(20,21)11-14/h1-4,14H,5-11H2,(H,18,19)/t14-/m0/s1. The Morgan fingerprint density at radius 2 is 1.73 bits per heavy atom. The molecule has 3 rings (SSSR count). The lowest BCUT2D eigenvalue weighted by Gasteiger charge is -2.38. The molecule has 7 heteroatoms. The van der Waals surface area contributed by atoms with Gasteiger partial charge < -0.3 is 10.0 Å². The van der Waals surface area contributed by atoms with Crippen molar-refractivity contribution in [1.82, 2.24) is 4.90 Å². The zero-order valence-electron chi connectivity index (χ0n) is 12.3. The number of anilines is 1. The van der Waals surface area contributed by atoms with E-state index >= 15 is 0 Å². The average molecular weight is 324 g/mol. The SMILES string of the molecule is O=C(O)c1ccc(N2CCN([C@H]3CCS(=O)(=O)C3)CC2)cc1. The van der Waals surface area contributed by atoms with E-state index in [0.29, 0.717) is 17.1 Å². The molecule has 0 unspecified atom stereocenters. The number of aromatic carboxylic acids is 1. The smallest absolute Gasteiger partial charge is 0.335 e. The first-order chi connectivity index (χ1) is 10.4. The van der Waals surface area contributed by atoms with Gasteiger partial charge in [-0.15, -0.1) is 0 Å². The number of piperazine rings is 1. The van der Waals surface area contributed by atoms with Crippen LogP contribution in [-0.2, 0) is 9.84 Å². The largest absolute Gasteiger partial charge is 0.478 e. The summed E-state index contributed by atoms with van der Waals surface area (Å²) in [7, 11) is -2.83. The van der Waals surface area contributed by atoms with Crippen LogP contribution in [0.25, 0.3) is 0 Å².